The summed E-state index contributed by atoms with van der Waals surface area (Å²) in [6, 6.07) is 6.44. The first-order valence-electron chi connectivity index (χ1n) is 7.20. The van der Waals surface area contributed by atoms with Crippen molar-refractivity contribution in [2.45, 2.75) is 56.3 Å². The van der Waals surface area contributed by atoms with Crippen molar-refractivity contribution in [3.8, 4) is 0 Å². The van der Waals surface area contributed by atoms with Crippen molar-refractivity contribution in [1.29, 1.82) is 0 Å². The van der Waals surface area contributed by atoms with Gasteiger partial charge in [-0.25, -0.2) is 0 Å². The van der Waals surface area contributed by atoms with Crippen molar-refractivity contribution in [3.63, 3.8) is 0 Å². The van der Waals surface area contributed by atoms with Crippen LogP contribution in [0.4, 0.5) is 0 Å². The fourth-order valence-electron chi connectivity index (χ4n) is 2.38. The van der Waals surface area contributed by atoms with Gasteiger partial charge < -0.3 is 9.84 Å². The summed E-state index contributed by atoms with van der Waals surface area (Å²) in [5.74, 6) is 0. The second kappa shape index (κ2) is 6.87. The Balaban J connectivity index is 2.16. The van der Waals surface area contributed by atoms with E-state index in [0.717, 1.165) is 18.4 Å². The summed E-state index contributed by atoms with van der Waals surface area (Å²) in [5, 5.41) is 9.85. The summed E-state index contributed by atoms with van der Waals surface area (Å²) in [6.45, 7) is 3.97. The van der Waals surface area contributed by atoms with E-state index in [2.05, 4.69) is 0 Å². The minimum Gasteiger partial charge on any atom is -0.391 e. The maximum atomic E-state index is 12.3. The van der Waals surface area contributed by atoms with E-state index >= 15 is 0 Å². The van der Waals surface area contributed by atoms with Crippen LogP contribution in [0.1, 0.15) is 31.7 Å². The van der Waals surface area contributed by atoms with Crippen LogP contribution in [-0.4, -0.2) is 38.4 Å². The van der Waals surface area contributed by atoms with Crippen LogP contribution in [0.5, 0.6) is 0 Å². The molecule has 1 aliphatic rings. The van der Waals surface area contributed by atoms with Crippen molar-refractivity contribution in [1.82, 2.24) is 0 Å². The normalized spacial score (nSPS) is 22.7. The topological polar surface area (TPSA) is 72.8 Å². The molecule has 0 amide bonds. The van der Waals surface area contributed by atoms with Crippen molar-refractivity contribution in [2.24, 2.45) is 0 Å². The van der Waals surface area contributed by atoms with Crippen molar-refractivity contribution in [2.75, 3.05) is 6.61 Å². The second-order valence-corrected chi connectivity index (χ2v) is 7.05. The minimum atomic E-state index is -3.91. The van der Waals surface area contributed by atoms with Gasteiger partial charge in [0.15, 0.2) is 0 Å². The van der Waals surface area contributed by atoms with Gasteiger partial charge in [-0.3, -0.25) is 4.18 Å². The number of hydrogen-bond acceptors (Lipinski definition) is 5. The average molecular weight is 314 g/mol. The zero-order valence-corrected chi connectivity index (χ0v) is 13.2. The largest absolute Gasteiger partial charge is 0.391 e. The van der Waals surface area contributed by atoms with Gasteiger partial charge in [-0.05, 0) is 45.2 Å². The third kappa shape index (κ3) is 4.26. The molecule has 118 valence electrons. The molecule has 3 atom stereocenters. The molecular weight excluding hydrogens is 292 g/mol. The van der Waals surface area contributed by atoms with E-state index in [1.165, 1.54) is 19.1 Å². The Morgan fingerprint density at radius 3 is 2.48 bits per heavy atom. The van der Waals surface area contributed by atoms with Gasteiger partial charge in [0.25, 0.3) is 10.1 Å². The zero-order chi connectivity index (χ0) is 15.5. The lowest BCUT2D eigenvalue weighted by Crippen LogP contribution is -2.42. The third-order valence-electron chi connectivity index (χ3n) is 3.60. The van der Waals surface area contributed by atoms with E-state index in [0.29, 0.717) is 13.0 Å². The molecule has 3 unspecified atom stereocenters. The highest BCUT2D eigenvalue weighted by atomic mass is 32.2. The lowest BCUT2D eigenvalue weighted by molar-refractivity contribution is -0.0881. The van der Waals surface area contributed by atoms with Gasteiger partial charge >= 0.3 is 0 Å². The lowest BCUT2D eigenvalue weighted by Gasteiger charge is -2.31. The van der Waals surface area contributed by atoms with Gasteiger partial charge in [-0.15, -0.1) is 0 Å². The van der Waals surface area contributed by atoms with E-state index in [1.807, 2.05) is 6.92 Å². The Hall–Kier alpha value is -0.950. The Morgan fingerprint density at radius 2 is 1.95 bits per heavy atom. The summed E-state index contributed by atoms with van der Waals surface area (Å²) in [7, 11) is -3.91. The third-order valence-corrected chi connectivity index (χ3v) is 4.93. The van der Waals surface area contributed by atoms with Crippen LogP contribution in [-0.2, 0) is 19.0 Å². The van der Waals surface area contributed by atoms with Gasteiger partial charge in [0, 0.05) is 6.61 Å². The molecule has 2 rings (SSSR count). The summed E-state index contributed by atoms with van der Waals surface area (Å²) in [6.07, 6.45) is 0.401. The van der Waals surface area contributed by atoms with E-state index < -0.39 is 22.3 Å². The van der Waals surface area contributed by atoms with Crippen molar-refractivity contribution >= 4 is 10.1 Å². The molecule has 0 aromatic heterocycles. The smallest absolute Gasteiger partial charge is 0.297 e. The minimum absolute atomic E-state index is 0.0922. The summed E-state index contributed by atoms with van der Waals surface area (Å²) in [5.41, 5.74) is 0.969. The number of aliphatic hydroxyl groups excluding tert-OH is 1. The first kappa shape index (κ1) is 16.4. The first-order chi connectivity index (χ1) is 9.90. The van der Waals surface area contributed by atoms with Crippen molar-refractivity contribution in [3.05, 3.63) is 29.8 Å². The molecule has 1 aromatic carbocycles. The van der Waals surface area contributed by atoms with Gasteiger partial charge in [0.2, 0.25) is 0 Å². The van der Waals surface area contributed by atoms with Crippen molar-refractivity contribution < 1.29 is 22.4 Å². The molecule has 5 nitrogen and oxygen atoms in total. The SMILES string of the molecule is Cc1ccc(S(=O)(=O)OC(C(C)O)C2CCCCO2)cc1. The van der Waals surface area contributed by atoms with Gasteiger partial charge in [-0.2, -0.15) is 8.42 Å². The highest BCUT2D eigenvalue weighted by Crippen LogP contribution is 2.24. The predicted octanol–water partition coefficient (Wildman–Crippen LogP) is 2.02. The molecule has 0 aliphatic carbocycles. The highest BCUT2D eigenvalue weighted by molar-refractivity contribution is 7.86. The van der Waals surface area contributed by atoms with E-state index in [4.69, 9.17) is 8.92 Å². The molecule has 1 N–H and O–H groups in total. The molecular formula is C15H22O5S. The van der Waals surface area contributed by atoms with Gasteiger partial charge in [0.05, 0.1) is 17.1 Å². The fraction of sp³-hybridized carbons (Fsp3) is 0.600. The lowest BCUT2D eigenvalue weighted by atomic mass is 10.0. The Labute approximate surface area is 126 Å². The quantitative estimate of drug-likeness (QED) is 0.842. The Morgan fingerprint density at radius 1 is 1.29 bits per heavy atom. The number of aryl methyl sites for hydroxylation is 1. The van der Waals surface area contributed by atoms with E-state index in [9.17, 15) is 13.5 Å². The molecule has 6 heteroatoms. The molecule has 0 radical (unpaired) electrons. The highest BCUT2D eigenvalue weighted by Gasteiger charge is 2.34. The average Bonchev–Trinajstić information content (AvgIpc) is 2.46. The molecule has 1 heterocycles. The van der Waals surface area contributed by atoms with Crippen LogP contribution < -0.4 is 0 Å². The molecule has 21 heavy (non-hydrogen) atoms. The number of aliphatic hydroxyl groups is 1. The summed E-state index contributed by atoms with van der Waals surface area (Å²) in [4.78, 5) is 0.0922. The maximum absolute atomic E-state index is 12.3. The van der Waals surface area contributed by atoms with E-state index in [1.54, 1.807) is 12.1 Å². The van der Waals surface area contributed by atoms with Gasteiger partial charge in [-0.1, -0.05) is 17.7 Å². The predicted molar refractivity (Wildman–Crippen MR) is 78.5 cm³/mol. The monoisotopic (exact) mass is 314 g/mol. The molecule has 1 aliphatic heterocycles. The fourth-order valence-corrected chi connectivity index (χ4v) is 3.54. The van der Waals surface area contributed by atoms with Crippen LogP contribution in [0.3, 0.4) is 0 Å². The second-order valence-electron chi connectivity index (χ2n) is 5.47. The molecule has 0 bridgehead atoms. The summed E-state index contributed by atoms with van der Waals surface area (Å²) < 4.78 is 35.4. The first-order valence-corrected chi connectivity index (χ1v) is 8.60. The standard InChI is InChI=1S/C15H22O5S/c1-11-6-8-13(9-7-11)21(17,18)20-15(12(2)16)14-5-3-4-10-19-14/h6-9,12,14-16H,3-5,10H2,1-2H3. The van der Waals surface area contributed by atoms with Crippen LogP contribution in [0.2, 0.25) is 0 Å². The molecule has 1 saturated heterocycles. The number of benzene rings is 1. The molecule has 0 spiro atoms. The Kier molecular flexibility index (Phi) is 5.37. The summed E-state index contributed by atoms with van der Waals surface area (Å²) >= 11 is 0. The number of hydrogen-bond donors (Lipinski definition) is 1. The van der Waals surface area contributed by atoms with Gasteiger partial charge in [0.1, 0.15) is 6.10 Å². The number of rotatable bonds is 5. The van der Waals surface area contributed by atoms with Crippen LogP contribution in [0.25, 0.3) is 0 Å². The zero-order valence-electron chi connectivity index (χ0n) is 12.4. The molecule has 0 saturated carbocycles. The molecule has 1 aromatic rings. The maximum Gasteiger partial charge on any atom is 0.297 e. The molecule has 1 fully saturated rings. The number of ether oxygens (including phenoxy) is 1. The van der Waals surface area contributed by atoms with Crippen LogP contribution in [0.15, 0.2) is 29.2 Å². The van der Waals surface area contributed by atoms with Crippen LogP contribution in [0, 0.1) is 6.92 Å². The van der Waals surface area contributed by atoms with Crippen LogP contribution >= 0.6 is 0 Å². The van der Waals surface area contributed by atoms with E-state index in [-0.39, 0.29) is 11.0 Å². The Bertz CT molecular complexity index is 544.